The number of rotatable bonds is 6. The van der Waals surface area contributed by atoms with Gasteiger partial charge in [0, 0.05) is 12.1 Å². The zero-order valence-electron chi connectivity index (χ0n) is 23.3. The van der Waals surface area contributed by atoms with Crippen LogP contribution in [0.4, 0.5) is 11.4 Å². The van der Waals surface area contributed by atoms with E-state index in [0.29, 0.717) is 5.92 Å². The molecule has 1 rings (SSSR count). The maximum absolute atomic E-state index is 11.1. The van der Waals surface area contributed by atoms with Gasteiger partial charge in [0.05, 0.1) is 9.85 Å². The van der Waals surface area contributed by atoms with Gasteiger partial charge in [-0.3, -0.25) is 20.2 Å². The van der Waals surface area contributed by atoms with E-state index in [4.69, 9.17) is 0 Å². The van der Waals surface area contributed by atoms with E-state index in [1.165, 1.54) is 18.2 Å². The Morgan fingerprint density at radius 1 is 0.794 bits per heavy atom. The zero-order valence-corrected chi connectivity index (χ0v) is 23.3. The van der Waals surface area contributed by atoms with E-state index in [9.17, 15) is 20.2 Å². The molecule has 0 amide bonds. The summed E-state index contributed by atoms with van der Waals surface area (Å²) in [6.07, 6.45) is 7.93. The van der Waals surface area contributed by atoms with Crippen molar-refractivity contribution in [3.05, 3.63) is 94.6 Å². The lowest BCUT2D eigenvalue weighted by Gasteiger charge is -2.25. The molecular formula is C28H50N2O4. The van der Waals surface area contributed by atoms with Crippen LogP contribution in [-0.4, -0.2) is 9.85 Å². The first-order valence-corrected chi connectivity index (χ1v) is 11.7. The summed E-state index contributed by atoms with van der Waals surface area (Å²) in [4.78, 5) is 21.2. The fourth-order valence-corrected chi connectivity index (χ4v) is 2.45. The van der Waals surface area contributed by atoms with Crippen LogP contribution in [-0.2, 0) is 0 Å². The van der Waals surface area contributed by atoms with E-state index >= 15 is 0 Å². The third-order valence-electron chi connectivity index (χ3n) is 4.24. The van der Waals surface area contributed by atoms with Gasteiger partial charge in [0.15, 0.2) is 0 Å². The molecule has 3 atom stereocenters. The largest absolute Gasteiger partial charge is 0.279 e. The molecule has 0 spiro atoms. The molecule has 1 aromatic rings. The van der Waals surface area contributed by atoms with Gasteiger partial charge in [-0.25, -0.2) is 0 Å². The second-order valence-electron chi connectivity index (χ2n) is 6.89. The fourth-order valence-electron chi connectivity index (χ4n) is 2.45. The Bertz CT molecular complexity index is 629. The summed E-state index contributed by atoms with van der Waals surface area (Å²) in [6, 6.07) is 4.03. The number of nitrogens with zero attached hydrogens (tertiary/aromatic N) is 2. The molecule has 0 saturated carbocycles. The van der Waals surface area contributed by atoms with Crippen LogP contribution in [0.25, 0.3) is 0 Å². The zero-order chi connectivity index (χ0) is 28.3. The molecule has 0 aliphatic carbocycles. The van der Waals surface area contributed by atoms with Gasteiger partial charge >= 0.3 is 0 Å². The molecule has 0 aliphatic heterocycles. The lowest BCUT2D eigenvalue weighted by molar-refractivity contribution is -0.396. The standard InChI is InChI=1S/C14H20N2O4.4C3H6.C2H6/c1-5-9(2)10(3)11(4)14-12(15(17)18)7-6-8-13(14)16(19)20;4*1-3-2;1-2/h6-11H,5H2,1-4H3;4*3H,1H2,2H3;1-2H3. The summed E-state index contributed by atoms with van der Waals surface area (Å²) < 4.78 is 0. The van der Waals surface area contributed by atoms with E-state index in [0.717, 1.165) is 6.42 Å². The number of hydrogen-bond donors (Lipinski definition) is 0. The molecule has 3 unspecified atom stereocenters. The molecule has 0 aromatic heterocycles. The SMILES string of the molecule is C=CC.C=CC.C=CC.C=CC.CC.CCC(C)C(C)C(C)c1c([N+](=O)[O-])cccc1[N+](=O)[O-]. The van der Waals surface area contributed by atoms with Gasteiger partial charge in [0.2, 0.25) is 0 Å². The van der Waals surface area contributed by atoms with E-state index in [1.807, 2.05) is 62.3 Å². The minimum absolute atomic E-state index is 0.125. The average Bonchev–Trinajstić information content (AvgIpc) is 2.80. The van der Waals surface area contributed by atoms with Gasteiger partial charge in [-0.2, -0.15) is 0 Å². The van der Waals surface area contributed by atoms with Crippen molar-refractivity contribution in [2.75, 3.05) is 0 Å². The van der Waals surface area contributed by atoms with Crippen molar-refractivity contribution in [3.8, 4) is 0 Å². The first-order valence-electron chi connectivity index (χ1n) is 11.7. The summed E-state index contributed by atoms with van der Waals surface area (Å²) in [6.45, 7) is 32.9. The minimum atomic E-state index is -0.540. The second-order valence-corrected chi connectivity index (χ2v) is 6.89. The first kappa shape index (κ1) is 41.3. The topological polar surface area (TPSA) is 86.3 Å². The molecule has 34 heavy (non-hydrogen) atoms. The van der Waals surface area contributed by atoms with Gasteiger partial charge in [-0.1, -0.05) is 72.3 Å². The van der Waals surface area contributed by atoms with Gasteiger partial charge in [-0.05, 0) is 51.5 Å². The Labute approximate surface area is 209 Å². The Balaban J connectivity index is -0.000000166. The molecule has 0 radical (unpaired) electrons. The molecule has 0 saturated heterocycles. The summed E-state index contributed by atoms with van der Waals surface area (Å²) in [5.41, 5.74) is -0.0981. The van der Waals surface area contributed by atoms with Gasteiger partial charge in [0.1, 0.15) is 5.56 Å². The lowest BCUT2D eigenvalue weighted by atomic mass is 9.79. The molecule has 0 aliphatic rings. The highest BCUT2D eigenvalue weighted by molar-refractivity contribution is 5.55. The molecule has 0 fully saturated rings. The van der Waals surface area contributed by atoms with Gasteiger partial charge < -0.3 is 0 Å². The molecule has 1 aromatic carbocycles. The van der Waals surface area contributed by atoms with Crippen molar-refractivity contribution >= 4 is 11.4 Å². The number of benzene rings is 1. The summed E-state index contributed by atoms with van der Waals surface area (Å²) >= 11 is 0. The minimum Gasteiger partial charge on any atom is -0.258 e. The van der Waals surface area contributed by atoms with E-state index < -0.39 is 9.85 Å². The van der Waals surface area contributed by atoms with E-state index in [-0.39, 0.29) is 28.8 Å². The van der Waals surface area contributed by atoms with Crippen molar-refractivity contribution in [2.24, 2.45) is 11.8 Å². The quantitative estimate of drug-likeness (QED) is 0.231. The highest BCUT2D eigenvalue weighted by atomic mass is 16.6. The van der Waals surface area contributed by atoms with Crippen LogP contribution in [0.1, 0.15) is 87.1 Å². The lowest BCUT2D eigenvalue weighted by Crippen LogP contribution is -2.17. The summed E-state index contributed by atoms with van der Waals surface area (Å²) in [7, 11) is 0. The second kappa shape index (κ2) is 30.0. The van der Waals surface area contributed by atoms with E-state index in [1.54, 1.807) is 24.3 Å². The maximum atomic E-state index is 11.1. The highest BCUT2D eigenvalue weighted by Gasteiger charge is 2.32. The van der Waals surface area contributed by atoms with Crippen molar-refractivity contribution in [1.29, 1.82) is 0 Å². The predicted octanol–water partition coefficient (Wildman–Crippen LogP) is 10.1. The highest BCUT2D eigenvalue weighted by Crippen LogP contribution is 2.40. The van der Waals surface area contributed by atoms with Crippen molar-refractivity contribution in [1.82, 2.24) is 0 Å². The van der Waals surface area contributed by atoms with Gasteiger partial charge in [0.25, 0.3) is 11.4 Å². The normalized spacial score (nSPS) is 10.8. The van der Waals surface area contributed by atoms with E-state index in [2.05, 4.69) is 33.2 Å². The van der Waals surface area contributed by atoms with Crippen molar-refractivity contribution in [2.45, 2.75) is 81.6 Å². The number of hydrogen-bond acceptors (Lipinski definition) is 4. The van der Waals surface area contributed by atoms with Crippen LogP contribution in [0.5, 0.6) is 0 Å². The van der Waals surface area contributed by atoms with Crippen LogP contribution >= 0.6 is 0 Å². The van der Waals surface area contributed by atoms with Crippen LogP contribution in [0.3, 0.4) is 0 Å². The Hall–Kier alpha value is -3.02. The molecule has 0 bridgehead atoms. The number of allylic oxidation sites excluding steroid dienone is 4. The Morgan fingerprint density at radius 3 is 1.26 bits per heavy atom. The van der Waals surface area contributed by atoms with Crippen molar-refractivity contribution < 1.29 is 9.85 Å². The first-order chi connectivity index (χ1) is 16.0. The molecular weight excluding hydrogens is 428 g/mol. The fraction of sp³-hybridized carbons (Fsp3) is 0.500. The van der Waals surface area contributed by atoms with Crippen LogP contribution in [0, 0.1) is 32.1 Å². The monoisotopic (exact) mass is 478 g/mol. The predicted molar refractivity (Wildman–Crippen MR) is 152 cm³/mol. The van der Waals surface area contributed by atoms with Crippen LogP contribution in [0.2, 0.25) is 0 Å². The van der Waals surface area contributed by atoms with Crippen molar-refractivity contribution in [3.63, 3.8) is 0 Å². The summed E-state index contributed by atoms with van der Waals surface area (Å²) in [5, 5.41) is 22.3. The molecule has 6 nitrogen and oxygen atoms in total. The maximum Gasteiger partial charge on any atom is 0.279 e. The molecule has 0 heterocycles. The smallest absolute Gasteiger partial charge is 0.258 e. The van der Waals surface area contributed by atoms with Gasteiger partial charge in [-0.15, -0.1) is 26.3 Å². The Morgan fingerprint density at radius 2 is 1.06 bits per heavy atom. The van der Waals surface area contributed by atoms with Crippen LogP contribution < -0.4 is 0 Å². The number of nitro groups is 2. The molecule has 0 N–H and O–H groups in total. The Kier molecular flexibility index (Phi) is 36.4. The average molecular weight is 479 g/mol. The molecule has 6 heteroatoms. The molecule has 196 valence electrons. The number of nitro benzene ring substituents is 2. The summed E-state index contributed by atoms with van der Waals surface area (Å²) in [5.74, 6) is 0.219. The third-order valence-corrected chi connectivity index (χ3v) is 4.24. The van der Waals surface area contributed by atoms with Crippen LogP contribution in [0.15, 0.2) is 68.8 Å². The third kappa shape index (κ3) is 20.9.